The van der Waals surface area contributed by atoms with E-state index in [0.717, 1.165) is 5.96 Å². The standard InChI is InChI=1S/C18H26ClN5O3/c1-3-27-18(26)24-12-10-23(11-13-24)17(20-2)22-9-8-21-16(25)14-6-4-5-7-15(14)19/h4-7H,3,8-13H2,1-2H3,(H,20,22)(H,21,25). The van der Waals surface area contributed by atoms with Crippen LogP contribution in [0.1, 0.15) is 17.3 Å². The van der Waals surface area contributed by atoms with Gasteiger partial charge >= 0.3 is 6.09 Å². The van der Waals surface area contributed by atoms with Crippen LogP contribution in [0.4, 0.5) is 4.79 Å². The zero-order valence-corrected chi connectivity index (χ0v) is 16.5. The van der Waals surface area contributed by atoms with E-state index < -0.39 is 0 Å². The zero-order chi connectivity index (χ0) is 19.6. The minimum Gasteiger partial charge on any atom is -0.450 e. The molecule has 1 aliphatic rings. The molecule has 1 aromatic rings. The number of aliphatic imine (C=N–C) groups is 1. The van der Waals surface area contributed by atoms with Crippen molar-refractivity contribution in [2.75, 3.05) is 52.9 Å². The molecule has 1 heterocycles. The molecular formula is C18H26ClN5O3. The molecule has 0 aliphatic carbocycles. The minimum absolute atomic E-state index is 0.208. The average molecular weight is 396 g/mol. The molecule has 2 amide bonds. The van der Waals surface area contributed by atoms with Crippen LogP contribution in [0.3, 0.4) is 0 Å². The van der Waals surface area contributed by atoms with Gasteiger partial charge in [-0.1, -0.05) is 23.7 Å². The van der Waals surface area contributed by atoms with Crippen molar-refractivity contribution in [2.45, 2.75) is 6.92 Å². The van der Waals surface area contributed by atoms with E-state index >= 15 is 0 Å². The van der Waals surface area contributed by atoms with Gasteiger partial charge in [0.1, 0.15) is 0 Å². The summed E-state index contributed by atoms with van der Waals surface area (Å²) in [6, 6.07) is 6.93. The summed E-state index contributed by atoms with van der Waals surface area (Å²) in [5.74, 6) is 0.533. The van der Waals surface area contributed by atoms with Gasteiger partial charge in [-0.25, -0.2) is 4.79 Å². The molecule has 2 N–H and O–H groups in total. The monoisotopic (exact) mass is 395 g/mol. The van der Waals surface area contributed by atoms with E-state index in [1.54, 1.807) is 43.1 Å². The SMILES string of the molecule is CCOC(=O)N1CCN(C(=NC)NCCNC(=O)c2ccccc2Cl)CC1. The van der Waals surface area contributed by atoms with E-state index in [9.17, 15) is 9.59 Å². The maximum Gasteiger partial charge on any atom is 0.409 e. The molecule has 0 aromatic heterocycles. The highest BCUT2D eigenvalue weighted by Gasteiger charge is 2.23. The summed E-state index contributed by atoms with van der Waals surface area (Å²) in [7, 11) is 1.71. The van der Waals surface area contributed by atoms with Gasteiger partial charge in [0.05, 0.1) is 17.2 Å². The van der Waals surface area contributed by atoms with Crippen molar-refractivity contribution in [3.63, 3.8) is 0 Å². The van der Waals surface area contributed by atoms with Crippen molar-refractivity contribution in [3.8, 4) is 0 Å². The summed E-state index contributed by atoms with van der Waals surface area (Å²) in [5, 5.41) is 6.48. The fraction of sp³-hybridized carbons (Fsp3) is 0.500. The number of hydrogen-bond acceptors (Lipinski definition) is 4. The Labute approximate surface area is 164 Å². The molecule has 1 aromatic carbocycles. The van der Waals surface area contributed by atoms with Crippen LogP contribution in [0.25, 0.3) is 0 Å². The Kier molecular flexibility index (Phi) is 8.19. The van der Waals surface area contributed by atoms with Crippen molar-refractivity contribution in [1.82, 2.24) is 20.4 Å². The molecule has 1 fully saturated rings. The fourth-order valence-electron chi connectivity index (χ4n) is 2.74. The van der Waals surface area contributed by atoms with Crippen molar-refractivity contribution in [3.05, 3.63) is 34.9 Å². The Bertz CT molecular complexity index is 675. The lowest BCUT2D eigenvalue weighted by molar-refractivity contribution is 0.0914. The van der Waals surface area contributed by atoms with Crippen LogP contribution in [0.15, 0.2) is 29.3 Å². The molecule has 0 unspecified atom stereocenters. The Morgan fingerprint density at radius 3 is 2.37 bits per heavy atom. The third-order valence-electron chi connectivity index (χ3n) is 4.13. The van der Waals surface area contributed by atoms with Crippen molar-refractivity contribution in [1.29, 1.82) is 0 Å². The lowest BCUT2D eigenvalue weighted by atomic mass is 10.2. The maximum atomic E-state index is 12.1. The highest BCUT2D eigenvalue weighted by molar-refractivity contribution is 6.33. The normalized spacial score (nSPS) is 14.7. The summed E-state index contributed by atoms with van der Waals surface area (Å²) >= 11 is 6.02. The molecular weight excluding hydrogens is 370 g/mol. The van der Waals surface area contributed by atoms with Gasteiger partial charge in [0.2, 0.25) is 0 Å². The van der Waals surface area contributed by atoms with Gasteiger partial charge in [0, 0.05) is 46.3 Å². The second-order valence-corrected chi connectivity index (χ2v) is 6.29. The Hall–Kier alpha value is -2.48. The molecule has 2 rings (SSSR count). The maximum absolute atomic E-state index is 12.1. The van der Waals surface area contributed by atoms with E-state index in [0.29, 0.717) is 56.5 Å². The summed E-state index contributed by atoms with van der Waals surface area (Å²) < 4.78 is 5.02. The molecule has 0 radical (unpaired) electrons. The second kappa shape index (κ2) is 10.6. The molecule has 8 nitrogen and oxygen atoms in total. The van der Waals surface area contributed by atoms with Crippen LogP contribution in [0, 0.1) is 0 Å². The number of ether oxygens (including phenoxy) is 1. The third-order valence-corrected chi connectivity index (χ3v) is 4.46. The van der Waals surface area contributed by atoms with E-state index in [2.05, 4.69) is 20.5 Å². The number of halogens is 1. The lowest BCUT2D eigenvalue weighted by Gasteiger charge is -2.35. The summed E-state index contributed by atoms with van der Waals surface area (Å²) in [6.07, 6.45) is -0.276. The number of rotatable bonds is 5. The third kappa shape index (κ3) is 6.02. The van der Waals surface area contributed by atoms with Gasteiger partial charge in [-0.2, -0.15) is 0 Å². The number of nitrogens with zero attached hydrogens (tertiary/aromatic N) is 3. The Balaban J connectivity index is 1.73. The first-order valence-corrected chi connectivity index (χ1v) is 9.34. The molecule has 27 heavy (non-hydrogen) atoms. The van der Waals surface area contributed by atoms with E-state index in [4.69, 9.17) is 16.3 Å². The molecule has 0 saturated carbocycles. The van der Waals surface area contributed by atoms with Gasteiger partial charge < -0.3 is 25.2 Å². The van der Waals surface area contributed by atoms with Crippen molar-refractivity contribution < 1.29 is 14.3 Å². The van der Waals surface area contributed by atoms with Crippen LogP contribution in [0.2, 0.25) is 5.02 Å². The summed E-state index contributed by atoms with van der Waals surface area (Å²) in [6.45, 7) is 5.65. The number of guanidine groups is 1. The molecule has 0 bridgehead atoms. The number of benzene rings is 1. The highest BCUT2D eigenvalue weighted by Crippen LogP contribution is 2.14. The second-order valence-electron chi connectivity index (χ2n) is 5.88. The topological polar surface area (TPSA) is 86.3 Å². The average Bonchev–Trinajstić information content (AvgIpc) is 2.68. The van der Waals surface area contributed by atoms with Crippen LogP contribution < -0.4 is 10.6 Å². The van der Waals surface area contributed by atoms with Crippen LogP contribution in [-0.2, 0) is 4.74 Å². The highest BCUT2D eigenvalue weighted by atomic mass is 35.5. The summed E-state index contributed by atoms with van der Waals surface area (Å²) in [5.41, 5.74) is 0.457. The molecule has 148 valence electrons. The number of piperazine rings is 1. The number of carbonyl (C=O) groups is 2. The number of hydrogen-bond donors (Lipinski definition) is 2. The van der Waals surface area contributed by atoms with E-state index in [-0.39, 0.29) is 12.0 Å². The van der Waals surface area contributed by atoms with Gasteiger partial charge in [0.25, 0.3) is 5.91 Å². The zero-order valence-electron chi connectivity index (χ0n) is 15.7. The quantitative estimate of drug-likeness (QED) is 0.447. The van der Waals surface area contributed by atoms with Gasteiger partial charge in [-0.05, 0) is 19.1 Å². The first-order chi connectivity index (χ1) is 13.1. The molecule has 1 saturated heterocycles. The Morgan fingerprint density at radius 2 is 1.74 bits per heavy atom. The number of amides is 2. The fourth-order valence-corrected chi connectivity index (χ4v) is 2.96. The van der Waals surface area contributed by atoms with Crippen molar-refractivity contribution in [2.24, 2.45) is 4.99 Å². The molecule has 0 atom stereocenters. The minimum atomic E-state index is -0.276. The first kappa shape index (κ1) is 20.8. The lowest BCUT2D eigenvalue weighted by Crippen LogP contribution is -2.54. The van der Waals surface area contributed by atoms with Crippen LogP contribution in [0.5, 0.6) is 0 Å². The smallest absolute Gasteiger partial charge is 0.409 e. The summed E-state index contributed by atoms with van der Waals surface area (Å²) in [4.78, 5) is 31.9. The first-order valence-electron chi connectivity index (χ1n) is 8.96. The molecule has 9 heteroatoms. The number of nitrogens with one attached hydrogen (secondary N) is 2. The molecule has 1 aliphatic heterocycles. The largest absolute Gasteiger partial charge is 0.450 e. The van der Waals surface area contributed by atoms with Crippen LogP contribution >= 0.6 is 11.6 Å². The van der Waals surface area contributed by atoms with E-state index in [1.807, 2.05) is 0 Å². The van der Waals surface area contributed by atoms with E-state index in [1.165, 1.54) is 0 Å². The number of carbonyl (C=O) groups excluding carboxylic acids is 2. The van der Waals surface area contributed by atoms with Gasteiger partial charge in [-0.15, -0.1) is 0 Å². The van der Waals surface area contributed by atoms with Gasteiger partial charge in [-0.3, -0.25) is 9.79 Å². The van der Waals surface area contributed by atoms with Crippen LogP contribution in [-0.4, -0.2) is 80.7 Å². The van der Waals surface area contributed by atoms with Crippen molar-refractivity contribution >= 4 is 29.6 Å². The Morgan fingerprint density at radius 1 is 1.11 bits per heavy atom. The predicted octanol–water partition coefficient (Wildman–Crippen LogP) is 1.42. The van der Waals surface area contributed by atoms with Gasteiger partial charge in [0.15, 0.2) is 5.96 Å². The molecule has 0 spiro atoms. The predicted molar refractivity (Wildman–Crippen MR) is 105 cm³/mol.